The molecule has 2 nitrogen and oxygen atoms in total. The van der Waals surface area contributed by atoms with Gasteiger partial charge in [0.2, 0.25) is 0 Å². The van der Waals surface area contributed by atoms with Crippen molar-refractivity contribution in [2.45, 2.75) is 44.6 Å². The Labute approximate surface area is 115 Å². The van der Waals surface area contributed by atoms with Gasteiger partial charge in [-0.3, -0.25) is 4.98 Å². The van der Waals surface area contributed by atoms with Crippen LogP contribution in [0.4, 0.5) is 0 Å². The van der Waals surface area contributed by atoms with Gasteiger partial charge in [0.1, 0.15) is 0 Å². The summed E-state index contributed by atoms with van der Waals surface area (Å²) < 4.78 is 0. The van der Waals surface area contributed by atoms with Crippen LogP contribution in [-0.4, -0.2) is 4.98 Å². The average molecular weight is 254 g/mol. The van der Waals surface area contributed by atoms with Gasteiger partial charge in [0.25, 0.3) is 0 Å². The molecule has 0 aliphatic heterocycles. The van der Waals surface area contributed by atoms with E-state index in [9.17, 15) is 0 Å². The maximum atomic E-state index is 6.51. The van der Waals surface area contributed by atoms with Gasteiger partial charge in [-0.25, -0.2) is 0 Å². The van der Waals surface area contributed by atoms with Crippen LogP contribution < -0.4 is 5.73 Å². The summed E-state index contributed by atoms with van der Waals surface area (Å²) in [5.41, 5.74) is 8.84. The standard InChI is InChI=1S/C17H22N2/c18-17(13-6-3-1-2-4-7-13)15-9-10-16-14(12-15)8-5-11-19-16/h5,8-13,17H,1-4,6-7,18H2. The molecule has 100 valence electrons. The molecule has 0 spiro atoms. The lowest BCUT2D eigenvalue weighted by molar-refractivity contribution is 0.382. The smallest absolute Gasteiger partial charge is 0.0702 e. The molecule has 1 aromatic carbocycles. The van der Waals surface area contributed by atoms with Crippen LogP contribution in [0.3, 0.4) is 0 Å². The molecule has 1 aliphatic carbocycles. The quantitative estimate of drug-likeness (QED) is 0.815. The molecule has 0 radical (unpaired) electrons. The zero-order chi connectivity index (χ0) is 13.1. The number of rotatable bonds is 2. The summed E-state index contributed by atoms with van der Waals surface area (Å²) in [6.07, 6.45) is 9.85. The van der Waals surface area contributed by atoms with Crippen LogP contribution in [0, 0.1) is 5.92 Å². The second kappa shape index (κ2) is 5.70. The first-order valence-electron chi connectivity index (χ1n) is 7.45. The van der Waals surface area contributed by atoms with E-state index in [0.717, 1.165) is 5.52 Å². The molecule has 2 heteroatoms. The van der Waals surface area contributed by atoms with Crippen molar-refractivity contribution < 1.29 is 0 Å². The fourth-order valence-corrected chi connectivity index (χ4v) is 3.24. The van der Waals surface area contributed by atoms with Gasteiger partial charge in [-0.1, -0.05) is 37.8 Å². The molecular weight excluding hydrogens is 232 g/mol. The summed E-state index contributed by atoms with van der Waals surface area (Å²) in [6.45, 7) is 0. The molecular formula is C17H22N2. The minimum atomic E-state index is 0.183. The zero-order valence-corrected chi connectivity index (χ0v) is 11.4. The third-order valence-electron chi connectivity index (χ3n) is 4.42. The van der Waals surface area contributed by atoms with Gasteiger partial charge in [0, 0.05) is 17.6 Å². The van der Waals surface area contributed by atoms with E-state index in [1.54, 1.807) is 0 Å². The molecule has 1 aliphatic rings. The van der Waals surface area contributed by atoms with Gasteiger partial charge in [-0.05, 0) is 42.5 Å². The Bertz CT molecular complexity index is 542. The molecule has 3 rings (SSSR count). The van der Waals surface area contributed by atoms with E-state index in [4.69, 9.17) is 5.73 Å². The molecule has 0 amide bonds. The maximum absolute atomic E-state index is 6.51. The number of nitrogens with two attached hydrogens (primary N) is 1. The molecule has 0 bridgehead atoms. The van der Waals surface area contributed by atoms with Crippen molar-refractivity contribution in [1.29, 1.82) is 0 Å². The van der Waals surface area contributed by atoms with Crippen molar-refractivity contribution in [3.63, 3.8) is 0 Å². The highest BCUT2D eigenvalue weighted by molar-refractivity contribution is 5.79. The summed E-state index contributed by atoms with van der Waals surface area (Å²) in [5, 5.41) is 1.20. The lowest BCUT2D eigenvalue weighted by Crippen LogP contribution is -2.21. The minimum absolute atomic E-state index is 0.183. The Morgan fingerprint density at radius 2 is 1.84 bits per heavy atom. The number of fused-ring (bicyclic) bond motifs is 1. The molecule has 19 heavy (non-hydrogen) atoms. The Kier molecular flexibility index (Phi) is 3.79. The van der Waals surface area contributed by atoms with Crippen LogP contribution in [0.25, 0.3) is 10.9 Å². The first-order chi connectivity index (χ1) is 9.34. The van der Waals surface area contributed by atoms with E-state index in [-0.39, 0.29) is 6.04 Å². The normalized spacial score (nSPS) is 19.2. The van der Waals surface area contributed by atoms with Crippen molar-refractivity contribution in [3.8, 4) is 0 Å². The largest absolute Gasteiger partial charge is 0.324 e. The summed E-state index contributed by atoms with van der Waals surface area (Å²) in [5.74, 6) is 0.650. The Hall–Kier alpha value is -1.41. The molecule has 1 fully saturated rings. The number of pyridine rings is 1. The molecule has 1 atom stereocenters. The highest BCUT2D eigenvalue weighted by atomic mass is 14.7. The summed E-state index contributed by atoms with van der Waals surface area (Å²) >= 11 is 0. The molecule has 1 heterocycles. The van der Waals surface area contributed by atoms with Crippen molar-refractivity contribution in [2.75, 3.05) is 0 Å². The monoisotopic (exact) mass is 254 g/mol. The third kappa shape index (κ3) is 2.79. The van der Waals surface area contributed by atoms with Gasteiger partial charge in [-0.15, -0.1) is 0 Å². The van der Waals surface area contributed by atoms with Crippen LogP contribution in [0.1, 0.15) is 50.1 Å². The second-order valence-corrected chi connectivity index (χ2v) is 5.73. The van der Waals surface area contributed by atoms with Crippen LogP contribution in [0.15, 0.2) is 36.5 Å². The summed E-state index contributed by atoms with van der Waals surface area (Å²) in [6, 6.07) is 10.8. The molecule has 2 aromatic rings. The predicted octanol–water partition coefficient (Wildman–Crippen LogP) is 4.21. The van der Waals surface area contributed by atoms with Crippen LogP contribution in [0.5, 0.6) is 0 Å². The number of hydrogen-bond acceptors (Lipinski definition) is 2. The maximum Gasteiger partial charge on any atom is 0.0702 e. The van der Waals surface area contributed by atoms with Crippen molar-refractivity contribution >= 4 is 10.9 Å². The van der Waals surface area contributed by atoms with E-state index >= 15 is 0 Å². The third-order valence-corrected chi connectivity index (χ3v) is 4.42. The van der Waals surface area contributed by atoms with E-state index in [1.165, 1.54) is 49.5 Å². The fraction of sp³-hybridized carbons (Fsp3) is 0.471. The topological polar surface area (TPSA) is 38.9 Å². The van der Waals surface area contributed by atoms with Crippen molar-refractivity contribution in [1.82, 2.24) is 4.98 Å². The Morgan fingerprint density at radius 1 is 1.05 bits per heavy atom. The Balaban J connectivity index is 1.85. The number of nitrogens with zero attached hydrogens (tertiary/aromatic N) is 1. The first kappa shape index (κ1) is 12.6. The highest BCUT2D eigenvalue weighted by Gasteiger charge is 2.20. The highest BCUT2D eigenvalue weighted by Crippen LogP contribution is 2.32. The van der Waals surface area contributed by atoms with E-state index in [0.29, 0.717) is 5.92 Å². The predicted molar refractivity (Wildman–Crippen MR) is 79.9 cm³/mol. The fourth-order valence-electron chi connectivity index (χ4n) is 3.24. The number of hydrogen-bond donors (Lipinski definition) is 1. The first-order valence-corrected chi connectivity index (χ1v) is 7.45. The molecule has 1 aromatic heterocycles. The van der Waals surface area contributed by atoms with Gasteiger partial charge in [0.05, 0.1) is 5.52 Å². The molecule has 1 unspecified atom stereocenters. The summed E-state index contributed by atoms with van der Waals surface area (Å²) in [7, 11) is 0. The number of aromatic nitrogens is 1. The zero-order valence-electron chi connectivity index (χ0n) is 11.4. The van der Waals surface area contributed by atoms with Crippen LogP contribution in [-0.2, 0) is 0 Å². The minimum Gasteiger partial charge on any atom is -0.324 e. The SMILES string of the molecule is NC(c1ccc2ncccc2c1)C1CCCCCC1. The van der Waals surface area contributed by atoms with E-state index in [2.05, 4.69) is 29.2 Å². The van der Waals surface area contributed by atoms with Crippen LogP contribution in [0.2, 0.25) is 0 Å². The van der Waals surface area contributed by atoms with E-state index < -0.39 is 0 Å². The lowest BCUT2D eigenvalue weighted by Gasteiger charge is -2.23. The Morgan fingerprint density at radius 3 is 2.63 bits per heavy atom. The van der Waals surface area contributed by atoms with Gasteiger partial charge in [0.15, 0.2) is 0 Å². The summed E-state index contributed by atoms with van der Waals surface area (Å²) in [4.78, 5) is 4.37. The van der Waals surface area contributed by atoms with Gasteiger partial charge >= 0.3 is 0 Å². The molecule has 0 saturated heterocycles. The van der Waals surface area contributed by atoms with Crippen molar-refractivity contribution in [3.05, 3.63) is 42.1 Å². The van der Waals surface area contributed by atoms with Gasteiger partial charge < -0.3 is 5.73 Å². The molecule has 2 N–H and O–H groups in total. The van der Waals surface area contributed by atoms with Gasteiger partial charge in [-0.2, -0.15) is 0 Å². The van der Waals surface area contributed by atoms with E-state index in [1.807, 2.05) is 12.3 Å². The second-order valence-electron chi connectivity index (χ2n) is 5.73. The van der Waals surface area contributed by atoms with Crippen molar-refractivity contribution in [2.24, 2.45) is 11.7 Å². The lowest BCUT2D eigenvalue weighted by atomic mass is 9.87. The molecule has 1 saturated carbocycles. The number of benzene rings is 1. The average Bonchev–Trinajstić information content (AvgIpc) is 2.75. The van der Waals surface area contributed by atoms with Crippen LogP contribution >= 0.6 is 0 Å².